The van der Waals surface area contributed by atoms with Gasteiger partial charge in [-0.3, -0.25) is 14.8 Å². The zero-order chi connectivity index (χ0) is 16.3. The molecule has 0 atom stereocenters. The highest BCUT2D eigenvalue weighted by molar-refractivity contribution is 7.92. The summed E-state index contributed by atoms with van der Waals surface area (Å²) in [4.78, 5) is 9.88. The van der Waals surface area contributed by atoms with Crippen LogP contribution < -0.4 is 15.2 Å². The Bertz CT molecular complexity index is 803. The molecular formula is C13H13N3O5S. The molecule has 8 nitrogen and oxygen atoms in total. The van der Waals surface area contributed by atoms with Crippen LogP contribution in [0.5, 0.6) is 5.75 Å². The van der Waals surface area contributed by atoms with Crippen LogP contribution in [0.1, 0.15) is 0 Å². The summed E-state index contributed by atoms with van der Waals surface area (Å²) < 4.78 is 31.8. The summed E-state index contributed by atoms with van der Waals surface area (Å²) in [5.74, 6) is 0.337. The number of nitrogens with zero attached hydrogens (tertiary/aromatic N) is 1. The molecule has 0 heterocycles. The van der Waals surface area contributed by atoms with E-state index in [1.807, 2.05) is 0 Å². The summed E-state index contributed by atoms with van der Waals surface area (Å²) in [5, 5.41) is 10.6. The van der Waals surface area contributed by atoms with Crippen LogP contribution >= 0.6 is 0 Å². The Labute approximate surface area is 126 Å². The lowest BCUT2D eigenvalue weighted by atomic mass is 10.2. The molecule has 0 aliphatic heterocycles. The predicted octanol–water partition coefficient (Wildman–Crippen LogP) is 1.99. The molecule has 0 aliphatic carbocycles. The Hall–Kier alpha value is -2.81. The number of hydrogen-bond donors (Lipinski definition) is 2. The highest BCUT2D eigenvalue weighted by Gasteiger charge is 2.16. The number of benzene rings is 2. The van der Waals surface area contributed by atoms with E-state index >= 15 is 0 Å². The summed E-state index contributed by atoms with van der Waals surface area (Å²) >= 11 is 0. The van der Waals surface area contributed by atoms with Gasteiger partial charge in [-0.2, -0.15) is 0 Å². The van der Waals surface area contributed by atoms with Gasteiger partial charge in [0.15, 0.2) is 0 Å². The van der Waals surface area contributed by atoms with Crippen molar-refractivity contribution in [2.45, 2.75) is 4.90 Å². The molecule has 0 amide bonds. The van der Waals surface area contributed by atoms with E-state index < -0.39 is 14.9 Å². The second-order valence-electron chi connectivity index (χ2n) is 4.31. The molecule has 0 saturated carbocycles. The first-order chi connectivity index (χ1) is 10.3. The standard InChI is InChI=1S/C13H13N3O5S/c1-21-13-8-9(2-7-12(13)14)15-22(19,20)11-5-3-10(4-6-11)16(17)18/h2-8,15H,14H2,1H3. The predicted molar refractivity (Wildman–Crippen MR) is 81.3 cm³/mol. The van der Waals surface area contributed by atoms with E-state index in [1.54, 1.807) is 0 Å². The molecule has 0 spiro atoms. The number of anilines is 2. The van der Waals surface area contributed by atoms with Crippen LogP contribution in [0.25, 0.3) is 0 Å². The molecule has 0 saturated heterocycles. The molecule has 116 valence electrons. The molecule has 2 rings (SSSR count). The van der Waals surface area contributed by atoms with Crippen LogP contribution in [0.2, 0.25) is 0 Å². The maximum atomic E-state index is 12.2. The number of rotatable bonds is 5. The van der Waals surface area contributed by atoms with Crippen LogP contribution in [-0.4, -0.2) is 20.5 Å². The van der Waals surface area contributed by atoms with Gasteiger partial charge < -0.3 is 10.5 Å². The maximum Gasteiger partial charge on any atom is 0.269 e. The first-order valence-corrected chi connectivity index (χ1v) is 7.52. The summed E-state index contributed by atoms with van der Waals surface area (Å²) in [5.41, 5.74) is 6.11. The lowest BCUT2D eigenvalue weighted by Gasteiger charge is -2.10. The van der Waals surface area contributed by atoms with Crippen molar-refractivity contribution in [3.63, 3.8) is 0 Å². The van der Waals surface area contributed by atoms with Gasteiger partial charge in [-0.1, -0.05) is 0 Å². The van der Waals surface area contributed by atoms with Crippen LogP contribution in [0, 0.1) is 10.1 Å². The zero-order valence-electron chi connectivity index (χ0n) is 11.5. The first-order valence-electron chi connectivity index (χ1n) is 6.04. The molecule has 9 heteroatoms. The quantitative estimate of drug-likeness (QED) is 0.492. The number of nitrogen functional groups attached to an aromatic ring is 1. The minimum Gasteiger partial charge on any atom is -0.495 e. The average molecular weight is 323 g/mol. The summed E-state index contributed by atoms with van der Waals surface area (Å²) in [6, 6.07) is 9.01. The topological polar surface area (TPSA) is 125 Å². The summed E-state index contributed by atoms with van der Waals surface area (Å²) in [6.07, 6.45) is 0. The number of ether oxygens (including phenoxy) is 1. The van der Waals surface area contributed by atoms with Gasteiger partial charge in [0.25, 0.3) is 15.7 Å². The van der Waals surface area contributed by atoms with Crippen LogP contribution in [0.3, 0.4) is 0 Å². The molecular weight excluding hydrogens is 310 g/mol. The van der Waals surface area contributed by atoms with Crippen molar-refractivity contribution in [3.05, 3.63) is 52.6 Å². The molecule has 0 unspecified atom stereocenters. The maximum absolute atomic E-state index is 12.2. The third-order valence-electron chi connectivity index (χ3n) is 2.84. The molecule has 2 aromatic rings. The fourth-order valence-corrected chi connectivity index (χ4v) is 2.79. The summed E-state index contributed by atoms with van der Waals surface area (Å²) in [7, 11) is -2.45. The van der Waals surface area contributed by atoms with Crippen molar-refractivity contribution in [1.29, 1.82) is 0 Å². The van der Waals surface area contributed by atoms with E-state index in [-0.39, 0.29) is 16.3 Å². The minimum atomic E-state index is -3.86. The largest absolute Gasteiger partial charge is 0.495 e. The van der Waals surface area contributed by atoms with Gasteiger partial charge in [0.1, 0.15) is 5.75 Å². The fourth-order valence-electron chi connectivity index (χ4n) is 1.74. The van der Waals surface area contributed by atoms with Gasteiger partial charge in [-0.25, -0.2) is 8.42 Å². The molecule has 3 N–H and O–H groups in total. The van der Waals surface area contributed by atoms with E-state index in [4.69, 9.17) is 10.5 Å². The third kappa shape index (κ3) is 3.26. The lowest BCUT2D eigenvalue weighted by Crippen LogP contribution is -2.13. The fraction of sp³-hybridized carbons (Fsp3) is 0.0769. The Balaban J connectivity index is 2.29. The van der Waals surface area contributed by atoms with E-state index in [0.717, 1.165) is 24.3 Å². The molecule has 0 aromatic heterocycles. The zero-order valence-corrected chi connectivity index (χ0v) is 12.3. The van der Waals surface area contributed by atoms with Gasteiger partial charge in [0.2, 0.25) is 0 Å². The van der Waals surface area contributed by atoms with E-state index in [1.165, 1.54) is 25.3 Å². The highest BCUT2D eigenvalue weighted by atomic mass is 32.2. The van der Waals surface area contributed by atoms with Crippen LogP contribution in [-0.2, 0) is 10.0 Å². The van der Waals surface area contributed by atoms with E-state index in [0.29, 0.717) is 11.4 Å². The van der Waals surface area contributed by atoms with Crippen molar-refractivity contribution in [1.82, 2.24) is 0 Å². The molecule has 0 bridgehead atoms. The molecule has 0 fully saturated rings. The summed E-state index contributed by atoms with van der Waals surface area (Å²) in [6.45, 7) is 0. The first kappa shape index (κ1) is 15.6. The van der Waals surface area contributed by atoms with Crippen molar-refractivity contribution < 1.29 is 18.1 Å². The Morgan fingerprint density at radius 2 is 1.82 bits per heavy atom. The van der Waals surface area contributed by atoms with Crippen molar-refractivity contribution in [2.75, 3.05) is 17.6 Å². The number of non-ortho nitro benzene ring substituents is 1. The normalized spacial score (nSPS) is 11.0. The molecule has 22 heavy (non-hydrogen) atoms. The van der Waals surface area contributed by atoms with Crippen molar-refractivity contribution >= 4 is 27.1 Å². The lowest BCUT2D eigenvalue weighted by molar-refractivity contribution is -0.384. The third-order valence-corrected chi connectivity index (χ3v) is 4.24. The van der Waals surface area contributed by atoms with Crippen molar-refractivity contribution in [2.24, 2.45) is 0 Å². The second-order valence-corrected chi connectivity index (χ2v) is 6.00. The Morgan fingerprint density at radius 3 is 2.36 bits per heavy atom. The molecule has 2 aromatic carbocycles. The number of nitro groups is 1. The van der Waals surface area contributed by atoms with Crippen LogP contribution in [0.15, 0.2) is 47.4 Å². The number of hydrogen-bond acceptors (Lipinski definition) is 6. The average Bonchev–Trinajstić information content (AvgIpc) is 2.49. The van der Waals surface area contributed by atoms with E-state index in [9.17, 15) is 18.5 Å². The smallest absolute Gasteiger partial charge is 0.269 e. The van der Waals surface area contributed by atoms with Gasteiger partial charge >= 0.3 is 0 Å². The molecule has 0 aliphatic rings. The molecule has 0 radical (unpaired) electrons. The van der Waals surface area contributed by atoms with Crippen molar-refractivity contribution in [3.8, 4) is 5.75 Å². The highest BCUT2D eigenvalue weighted by Crippen LogP contribution is 2.27. The Morgan fingerprint density at radius 1 is 1.18 bits per heavy atom. The number of methoxy groups -OCH3 is 1. The number of nitro benzene ring substituents is 1. The van der Waals surface area contributed by atoms with Gasteiger partial charge in [-0.15, -0.1) is 0 Å². The number of sulfonamides is 1. The SMILES string of the molecule is COc1cc(NS(=O)(=O)c2ccc([N+](=O)[O-])cc2)ccc1N. The Kier molecular flexibility index (Phi) is 4.18. The second kappa shape index (κ2) is 5.90. The monoisotopic (exact) mass is 323 g/mol. The van der Waals surface area contributed by atoms with Gasteiger partial charge in [0, 0.05) is 18.2 Å². The minimum absolute atomic E-state index is 0.0890. The van der Waals surface area contributed by atoms with Crippen LogP contribution in [0.4, 0.5) is 17.1 Å². The number of nitrogens with two attached hydrogens (primary N) is 1. The van der Waals surface area contributed by atoms with E-state index in [2.05, 4.69) is 4.72 Å². The van der Waals surface area contributed by atoms with Gasteiger partial charge in [0.05, 0.1) is 28.3 Å². The van der Waals surface area contributed by atoms with Gasteiger partial charge in [-0.05, 0) is 24.3 Å². The number of nitrogens with one attached hydrogen (secondary N) is 1.